The number of carbonyl (C=O) groups is 1. The molecule has 9 heteroatoms. The third kappa shape index (κ3) is 4.41. The van der Waals surface area contributed by atoms with Gasteiger partial charge in [-0.15, -0.1) is 0 Å². The zero-order valence-corrected chi connectivity index (χ0v) is 17.6. The summed E-state index contributed by atoms with van der Waals surface area (Å²) in [7, 11) is -1.57. The summed E-state index contributed by atoms with van der Waals surface area (Å²) in [4.78, 5) is 26.3. The van der Waals surface area contributed by atoms with Crippen molar-refractivity contribution in [2.45, 2.75) is 12.5 Å². The fourth-order valence-corrected chi connectivity index (χ4v) is 5.38. The maximum absolute atomic E-state index is 12.5. The van der Waals surface area contributed by atoms with Gasteiger partial charge in [-0.1, -0.05) is 30.3 Å². The number of nitrogens with zero attached hydrogens (tertiary/aromatic N) is 1. The second-order valence-corrected chi connectivity index (χ2v) is 9.74. The quantitative estimate of drug-likeness (QED) is 0.643. The third-order valence-electron chi connectivity index (χ3n) is 5.35. The Morgan fingerprint density at radius 3 is 2.65 bits per heavy atom. The molecule has 1 saturated heterocycles. The number of ether oxygens (including phenoxy) is 1. The Hall–Kier alpha value is -3.33. The van der Waals surface area contributed by atoms with Crippen molar-refractivity contribution >= 4 is 26.7 Å². The summed E-state index contributed by atoms with van der Waals surface area (Å²) in [6.45, 7) is -0.347. The van der Waals surface area contributed by atoms with Crippen LogP contribution in [0, 0.1) is 0 Å². The van der Waals surface area contributed by atoms with Gasteiger partial charge in [0.2, 0.25) is 0 Å². The molecule has 162 valence electrons. The van der Waals surface area contributed by atoms with Gasteiger partial charge in [0.05, 0.1) is 11.5 Å². The average Bonchev–Trinajstić information content (AvgIpc) is 3.11. The van der Waals surface area contributed by atoms with E-state index in [2.05, 4.69) is 0 Å². The number of hydrogen-bond donors (Lipinski definition) is 1. The van der Waals surface area contributed by atoms with E-state index in [4.69, 9.17) is 9.15 Å². The first-order valence-corrected chi connectivity index (χ1v) is 11.5. The molecule has 4 rings (SSSR count). The summed E-state index contributed by atoms with van der Waals surface area (Å²) in [6.07, 6.45) is 0.398. The fourth-order valence-electron chi connectivity index (χ4n) is 3.60. The van der Waals surface area contributed by atoms with E-state index >= 15 is 0 Å². The molecule has 0 saturated carbocycles. The van der Waals surface area contributed by atoms with Crippen LogP contribution in [0.3, 0.4) is 0 Å². The Balaban J connectivity index is 1.55. The van der Waals surface area contributed by atoms with Crippen molar-refractivity contribution in [3.63, 3.8) is 0 Å². The molecule has 31 heavy (non-hydrogen) atoms. The highest BCUT2D eigenvalue weighted by Crippen LogP contribution is 2.31. The van der Waals surface area contributed by atoms with Crippen LogP contribution in [0.5, 0.6) is 11.5 Å². The van der Waals surface area contributed by atoms with Crippen molar-refractivity contribution in [2.24, 2.45) is 0 Å². The Bertz CT molecular complexity index is 1300. The lowest BCUT2D eigenvalue weighted by Crippen LogP contribution is -2.40. The zero-order chi connectivity index (χ0) is 22.2. The minimum atomic E-state index is -3.11. The molecule has 1 atom stereocenters. The van der Waals surface area contributed by atoms with Crippen molar-refractivity contribution in [3.8, 4) is 22.8 Å². The van der Waals surface area contributed by atoms with Crippen LogP contribution in [0.1, 0.15) is 6.42 Å². The van der Waals surface area contributed by atoms with Crippen LogP contribution >= 0.6 is 0 Å². The van der Waals surface area contributed by atoms with Crippen LogP contribution in [0.15, 0.2) is 57.7 Å². The van der Waals surface area contributed by atoms with Crippen LogP contribution in [-0.2, 0) is 14.6 Å². The summed E-state index contributed by atoms with van der Waals surface area (Å²) >= 11 is 0. The molecule has 0 aliphatic carbocycles. The van der Waals surface area contributed by atoms with Gasteiger partial charge in [0.15, 0.2) is 21.9 Å². The van der Waals surface area contributed by atoms with Crippen molar-refractivity contribution in [1.29, 1.82) is 0 Å². The monoisotopic (exact) mass is 443 g/mol. The minimum Gasteiger partial charge on any atom is -0.507 e. The van der Waals surface area contributed by atoms with E-state index in [0.717, 1.165) is 0 Å². The van der Waals surface area contributed by atoms with Gasteiger partial charge in [-0.05, 0) is 6.42 Å². The molecular weight excluding hydrogens is 422 g/mol. The summed E-state index contributed by atoms with van der Waals surface area (Å²) in [5, 5.41) is 10.3. The van der Waals surface area contributed by atoms with E-state index in [-0.39, 0.29) is 52.5 Å². The maximum atomic E-state index is 12.5. The third-order valence-corrected chi connectivity index (χ3v) is 7.10. The van der Waals surface area contributed by atoms with Gasteiger partial charge in [0.1, 0.15) is 28.2 Å². The van der Waals surface area contributed by atoms with E-state index in [1.54, 1.807) is 19.2 Å². The molecule has 0 bridgehead atoms. The number of phenolic OH excluding ortho intramolecular Hbond substituents is 1. The molecule has 1 aromatic heterocycles. The summed E-state index contributed by atoms with van der Waals surface area (Å²) in [5.41, 5.74) is 0.432. The van der Waals surface area contributed by atoms with E-state index in [0.29, 0.717) is 17.7 Å². The zero-order valence-electron chi connectivity index (χ0n) is 16.8. The van der Waals surface area contributed by atoms with E-state index in [1.165, 1.54) is 23.1 Å². The molecule has 8 nitrogen and oxygen atoms in total. The number of phenols is 1. The topological polar surface area (TPSA) is 114 Å². The standard InChI is InChI=1S/C22H21NO7S/c1-23(15-7-8-31(27,28)13-15)21(26)12-29-16-9-17(24)22-18(25)11-19(30-20(22)10-16)14-5-3-2-4-6-14/h2-6,9-11,15,24H,7-8,12-13H2,1H3/t15-/m0/s1. The van der Waals surface area contributed by atoms with Gasteiger partial charge in [-0.25, -0.2) is 8.42 Å². The molecule has 3 aromatic rings. The second kappa shape index (κ2) is 8.07. The van der Waals surface area contributed by atoms with Crippen molar-refractivity contribution in [3.05, 3.63) is 58.8 Å². The lowest BCUT2D eigenvalue weighted by Gasteiger charge is -2.23. The summed E-state index contributed by atoms with van der Waals surface area (Å²) in [5.74, 6) is -0.201. The highest BCUT2D eigenvalue weighted by molar-refractivity contribution is 7.91. The molecule has 2 heterocycles. The summed E-state index contributed by atoms with van der Waals surface area (Å²) in [6, 6.07) is 12.7. The Morgan fingerprint density at radius 2 is 1.97 bits per heavy atom. The maximum Gasteiger partial charge on any atom is 0.260 e. The van der Waals surface area contributed by atoms with Gasteiger partial charge >= 0.3 is 0 Å². The number of sulfone groups is 1. The number of likely N-dealkylation sites (N-methyl/N-ethyl adjacent to an activating group) is 1. The number of aromatic hydroxyl groups is 1. The molecule has 0 spiro atoms. The molecule has 1 aliphatic rings. The largest absolute Gasteiger partial charge is 0.507 e. The normalized spacial score (nSPS) is 17.5. The van der Waals surface area contributed by atoms with Crippen LogP contribution in [0.25, 0.3) is 22.3 Å². The Kier molecular flexibility index (Phi) is 5.45. The molecule has 2 aromatic carbocycles. The fraction of sp³-hybridized carbons (Fsp3) is 0.273. The van der Waals surface area contributed by atoms with Gasteiger partial charge in [0.25, 0.3) is 5.91 Å². The van der Waals surface area contributed by atoms with E-state index < -0.39 is 15.3 Å². The second-order valence-electron chi connectivity index (χ2n) is 7.51. The van der Waals surface area contributed by atoms with Gasteiger partial charge in [-0.3, -0.25) is 9.59 Å². The van der Waals surface area contributed by atoms with Gasteiger partial charge in [0, 0.05) is 36.9 Å². The SMILES string of the molecule is CN(C(=O)COc1cc(O)c2c(=O)cc(-c3ccccc3)oc2c1)[C@H]1CCS(=O)(=O)C1. The molecule has 1 amide bonds. The molecular formula is C22H21NO7S. The van der Waals surface area contributed by atoms with E-state index in [9.17, 15) is 23.1 Å². The van der Waals surface area contributed by atoms with Gasteiger partial charge < -0.3 is 19.2 Å². The molecule has 1 aliphatic heterocycles. The molecule has 1 N–H and O–H groups in total. The first-order valence-electron chi connectivity index (χ1n) is 9.69. The minimum absolute atomic E-state index is 0.0200. The average molecular weight is 443 g/mol. The lowest BCUT2D eigenvalue weighted by atomic mass is 10.1. The number of amides is 1. The highest BCUT2D eigenvalue weighted by Gasteiger charge is 2.32. The van der Waals surface area contributed by atoms with Crippen molar-refractivity contribution < 1.29 is 27.5 Å². The number of fused-ring (bicyclic) bond motifs is 1. The molecule has 0 unspecified atom stereocenters. The lowest BCUT2D eigenvalue weighted by molar-refractivity contribution is -0.133. The predicted molar refractivity (Wildman–Crippen MR) is 115 cm³/mol. The van der Waals surface area contributed by atoms with E-state index in [1.807, 2.05) is 18.2 Å². The number of benzene rings is 2. The first kappa shape index (κ1) is 20.9. The van der Waals surface area contributed by atoms with Crippen molar-refractivity contribution in [2.75, 3.05) is 25.2 Å². The smallest absolute Gasteiger partial charge is 0.260 e. The Labute approximate surface area is 178 Å². The van der Waals surface area contributed by atoms with Crippen LogP contribution < -0.4 is 10.2 Å². The Morgan fingerprint density at radius 1 is 1.23 bits per heavy atom. The number of rotatable bonds is 5. The predicted octanol–water partition coefficient (Wildman–Crippen LogP) is 2.19. The first-order chi connectivity index (χ1) is 14.7. The molecule has 0 radical (unpaired) electrons. The molecule has 1 fully saturated rings. The number of carbonyl (C=O) groups excluding carboxylic acids is 1. The summed E-state index contributed by atoms with van der Waals surface area (Å²) < 4.78 is 34.6. The number of hydrogen-bond acceptors (Lipinski definition) is 7. The van der Waals surface area contributed by atoms with Crippen LogP contribution in [0.2, 0.25) is 0 Å². The van der Waals surface area contributed by atoms with Crippen LogP contribution in [-0.4, -0.2) is 55.5 Å². The highest BCUT2D eigenvalue weighted by atomic mass is 32.2. The van der Waals surface area contributed by atoms with Crippen LogP contribution in [0.4, 0.5) is 0 Å². The van der Waals surface area contributed by atoms with Crippen molar-refractivity contribution in [1.82, 2.24) is 4.90 Å². The van der Waals surface area contributed by atoms with Gasteiger partial charge in [-0.2, -0.15) is 0 Å².